The quantitative estimate of drug-likeness (QED) is 0.179. The number of hydrogen-bond donors (Lipinski definition) is 0. The van der Waals surface area contributed by atoms with Crippen LogP contribution in [0.1, 0.15) is 71.3 Å². The number of carbonyl (C=O) groups excluding carboxylic acids is 1. The topological polar surface area (TPSA) is 61.3 Å². The molecule has 35 heavy (non-hydrogen) atoms. The largest absolute Gasteiger partial charge is 0.421 e. The second-order valence-corrected chi connectivity index (χ2v) is 8.97. The van der Waals surface area contributed by atoms with Crippen molar-refractivity contribution in [1.82, 2.24) is 9.97 Å². The summed E-state index contributed by atoms with van der Waals surface area (Å²) in [7, 11) is 0. The monoisotopic (exact) mass is 474 g/mol. The minimum absolute atomic E-state index is 0.314. The first kappa shape index (κ1) is 26.6. The molecule has 1 aromatic heterocycles. The molecule has 0 bridgehead atoms. The van der Waals surface area contributed by atoms with Crippen molar-refractivity contribution in [3.05, 3.63) is 66.5 Å². The predicted octanol–water partition coefficient (Wildman–Crippen LogP) is 7.43. The van der Waals surface area contributed by atoms with Gasteiger partial charge in [-0.3, -0.25) is 0 Å². The highest BCUT2D eigenvalue weighted by molar-refractivity contribution is 5.76. The maximum absolute atomic E-state index is 12.2. The highest BCUT2D eigenvalue weighted by Crippen LogP contribution is 2.24. The molecule has 0 amide bonds. The molecular formula is C30H38N2O3. The van der Waals surface area contributed by atoms with Gasteiger partial charge in [-0.1, -0.05) is 94.5 Å². The van der Waals surface area contributed by atoms with Crippen LogP contribution < -0.4 is 4.74 Å². The fraction of sp³-hybridized carbons (Fsp3) is 0.433. The molecule has 0 spiro atoms. The summed E-state index contributed by atoms with van der Waals surface area (Å²) in [5.41, 5.74) is 4.66. The van der Waals surface area contributed by atoms with Crippen LogP contribution in [-0.4, -0.2) is 28.6 Å². The first-order chi connectivity index (χ1) is 17.1. The van der Waals surface area contributed by atoms with Gasteiger partial charge in [-0.15, -0.1) is 0 Å². The lowest BCUT2D eigenvalue weighted by Crippen LogP contribution is -2.26. The Bertz CT molecular complexity index is 1010. The minimum Gasteiger partial charge on any atom is -0.421 e. The smallest absolute Gasteiger partial charge is 0.340 e. The summed E-state index contributed by atoms with van der Waals surface area (Å²) in [5.74, 6) is 0.464. The third kappa shape index (κ3) is 8.59. The first-order valence-electron chi connectivity index (χ1n) is 13.0. The van der Waals surface area contributed by atoms with Crippen molar-refractivity contribution >= 4 is 5.97 Å². The summed E-state index contributed by atoms with van der Waals surface area (Å²) >= 11 is 0. The minimum atomic E-state index is -0.616. The van der Waals surface area contributed by atoms with Crippen LogP contribution in [0.2, 0.25) is 0 Å². The summed E-state index contributed by atoms with van der Waals surface area (Å²) in [4.78, 5) is 20.9. The molecule has 1 atom stereocenters. The molecule has 5 nitrogen and oxygen atoms in total. The van der Waals surface area contributed by atoms with Gasteiger partial charge in [-0.2, -0.15) is 0 Å². The van der Waals surface area contributed by atoms with E-state index in [1.807, 2.05) is 12.1 Å². The van der Waals surface area contributed by atoms with Gasteiger partial charge in [-0.25, -0.2) is 14.8 Å². The molecule has 186 valence electrons. The molecule has 0 saturated carbocycles. The SMILES string of the molecule is CCCCCCc1ccc(-c2ccc(-c3ncc(OC(=O)[C@H](C)OCCCCC)cn3)cc2)cc1. The Morgan fingerprint density at radius 3 is 1.97 bits per heavy atom. The normalized spacial score (nSPS) is 11.9. The number of carbonyl (C=O) groups is 1. The van der Waals surface area contributed by atoms with E-state index < -0.39 is 12.1 Å². The molecule has 0 aliphatic heterocycles. The summed E-state index contributed by atoms with van der Waals surface area (Å²) in [6.07, 6.45) is 11.9. The molecule has 5 heteroatoms. The van der Waals surface area contributed by atoms with Crippen molar-refractivity contribution in [2.45, 2.75) is 78.2 Å². The van der Waals surface area contributed by atoms with Crippen molar-refractivity contribution in [3.8, 4) is 28.3 Å². The number of rotatable bonds is 14. The van der Waals surface area contributed by atoms with E-state index in [1.54, 1.807) is 6.92 Å². The number of aromatic nitrogens is 2. The van der Waals surface area contributed by atoms with Crippen molar-refractivity contribution in [2.75, 3.05) is 6.61 Å². The molecular weight excluding hydrogens is 436 g/mol. The van der Waals surface area contributed by atoms with Crippen LogP contribution in [0.4, 0.5) is 0 Å². The number of aryl methyl sites for hydroxylation is 1. The molecule has 3 rings (SSSR count). The van der Waals surface area contributed by atoms with E-state index in [2.05, 4.69) is 60.2 Å². The Balaban J connectivity index is 1.53. The average Bonchev–Trinajstić information content (AvgIpc) is 2.90. The molecule has 0 radical (unpaired) electrons. The number of ether oxygens (including phenoxy) is 2. The van der Waals surface area contributed by atoms with Crippen molar-refractivity contribution in [1.29, 1.82) is 0 Å². The maximum atomic E-state index is 12.2. The van der Waals surface area contributed by atoms with Gasteiger partial charge < -0.3 is 9.47 Å². The van der Waals surface area contributed by atoms with E-state index in [1.165, 1.54) is 49.2 Å². The van der Waals surface area contributed by atoms with Crippen molar-refractivity contribution < 1.29 is 14.3 Å². The van der Waals surface area contributed by atoms with Gasteiger partial charge in [0.1, 0.15) is 0 Å². The van der Waals surface area contributed by atoms with Gasteiger partial charge in [0, 0.05) is 12.2 Å². The van der Waals surface area contributed by atoms with Gasteiger partial charge in [-0.05, 0) is 42.9 Å². The molecule has 0 aliphatic carbocycles. The van der Waals surface area contributed by atoms with Crippen LogP contribution in [0.5, 0.6) is 5.75 Å². The average molecular weight is 475 g/mol. The Morgan fingerprint density at radius 2 is 1.34 bits per heavy atom. The van der Waals surface area contributed by atoms with Crippen LogP contribution in [0, 0.1) is 0 Å². The van der Waals surface area contributed by atoms with Gasteiger partial charge in [0.25, 0.3) is 0 Å². The van der Waals surface area contributed by atoms with E-state index in [9.17, 15) is 4.79 Å². The molecule has 0 aliphatic rings. The number of unbranched alkanes of at least 4 members (excludes halogenated alkanes) is 5. The fourth-order valence-electron chi connectivity index (χ4n) is 3.83. The third-order valence-electron chi connectivity index (χ3n) is 6.04. The Hall–Kier alpha value is -3.05. The van der Waals surface area contributed by atoms with Gasteiger partial charge >= 0.3 is 5.97 Å². The Kier molecular flexibility index (Phi) is 10.9. The van der Waals surface area contributed by atoms with Crippen molar-refractivity contribution in [3.63, 3.8) is 0 Å². The number of benzene rings is 2. The van der Waals surface area contributed by atoms with E-state index in [-0.39, 0.29) is 0 Å². The zero-order chi connectivity index (χ0) is 24.9. The first-order valence-corrected chi connectivity index (χ1v) is 13.0. The van der Waals surface area contributed by atoms with Gasteiger partial charge in [0.05, 0.1) is 12.4 Å². The molecule has 0 unspecified atom stereocenters. The van der Waals surface area contributed by atoms with Gasteiger partial charge in [0.15, 0.2) is 17.7 Å². The molecule has 1 heterocycles. The van der Waals surface area contributed by atoms with Crippen LogP contribution in [-0.2, 0) is 16.0 Å². The van der Waals surface area contributed by atoms with E-state index in [0.29, 0.717) is 18.2 Å². The third-order valence-corrected chi connectivity index (χ3v) is 6.04. The zero-order valence-electron chi connectivity index (χ0n) is 21.3. The summed E-state index contributed by atoms with van der Waals surface area (Å²) in [6.45, 7) is 6.63. The second-order valence-electron chi connectivity index (χ2n) is 8.97. The summed E-state index contributed by atoms with van der Waals surface area (Å²) < 4.78 is 10.9. The van der Waals surface area contributed by atoms with Crippen LogP contribution in [0.15, 0.2) is 60.9 Å². The van der Waals surface area contributed by atoms with E-state index >= 15 is 0 Å². The maximum Gasteiger partial charge on any atom is 0.340 e. The van der Waals surface area contributed by atoms with Crippen LogP contribution >= 0.6 is 0 Å². The van der Waals surface area contributed by atoms with Crippen molar-refractivity contribution in [2.24, 2.45) is 0 Å². The molecule has 2 aromatic carbocycles. The lowest BCUT2D eigenvalue weighted by molar-refractivity contribution is -0.146. The molecule has 0 N–H and O–H groups in total. The summed E-state index contributed by atoms with van der Waals surface area (Å²) in [6, 6.07) is 17.0. The zero-order valence-corrected chi connectivity index (χ0v) is 21.3. The number of nitrogens with zero attached hydrogens (tertiary/aromatic N) is 2. The molecule has 0 fully saturated rings. The van der Waals surface area contributed by atoms with E-state index in [4.69, 9.17) is 9.47 Å². The summed E-state index contributed by atoms with van der Waals surface area (Å²) in [5, 5.41) is 0. The molecule has 0 saturated heterocycles. The highest BCUT2D eigenvalue weighted by Gasteiger charge is 2.16. The number of hydrogen-bond acceptors (Lipinski definition) is 5. The molecule has 3 aromatic rings. The highest BCUT2D eigenvalue weighted by atomic mass is 16.6. The second kappa shape index (κ2) is 14.4. The van der Waals surface area contributed by atoms with E-state index in [0.717, 1.165) is 36.8 Å². The van der Waals surface area contributed by atoms with Crippen LogP contribution in [0.3, 0.4) is 0 Å². The lowest BCUT2D eigenvalue weighted by Gasteiger charge is -2.12. The Labute approximate surface area is 209 Å². The lowest BCUT2D eigenvalue weighted by atomic mass is 10.00. The Morgan fingerprint density at radius 1 is 0.771 bits per heavy atom. The standard InChI is InChI=1S/C30H38N2O3/c1-4-6-8-9-11-24-12-14-25(15-13-24)26-16-18-27(19-17-26)29-31-21-28(22-32-29)35-30(33)23(3)34-20-10-7-5-2/h12-19,21-23H,4-11,20H2,1-3H3/t23-/m0/s1. The van der Waals surface area contributed by atoms with Gasteiger partial charge in [0.2, 0.25) is 0 Å². The predicted molar refractivity (Wildman–Crippen MR) is 141 cm³/mol. The number of esters is 1. The van der Waals surface area contributed by atoms with Crippen LogP contribution in [0.25, 0.3) is 22.5 Å². The fourth-order valence-corrected chi connectivity index (χ4v) is 3.83.